The number of aliphatic carboxylic acids is 1. The first-order valence-electron chi connectivity index (χ1n) is 8.79. The second-order valence-corrected chi connectivity index (χ2v) is 7.13. The van der Waals surface area contributed by atoms with Gasteiger partial charge in [0.1, 0.15) is 11.6 Å². The highest BCUT2D eigenvalue weighted by molar-refractivity contribution is 5.89. The molecule has 1 amide bonds. The summed E-state index contributed by atoms with van der Waals surface area (Å²) in [6.07, 6.45) is 0.608. The van der Waals surface area contributed by atoms with Crippen molar-refractivity contribution in [1.82, 2.24) is 10.4 Å². The van der Waals surface area contributed by atoms with E-state index >= 15 is 0 Å². The Morgan fingerprint density at radius 1 is 1.15 bits per heavy atom. The van der Waals surface area contributed by atoms with Gasteiger partial charge in [-0.15, -0.1) is 5.06 Å². The fourth-order valence-corrected chi connectivity index (χ4v) is 2.20. The van der Waals surface area contributed by atoms with E-state index in [0.29, 0.717) is 24.9 Å². The molecule has 1 atom stereocenters. The first kappa shape index (κ1) is 22.4. The van der Waals surface area contributed by atoms with Crippen LogP contribution in [-0.4, -0.2) is 53.4 Å². The number of hydrogen-bond donors (Lipinski definition) is 2. The number of alkyl carbamates (subject to hydrolysis) is 1. The van der Waals surface area contributed by atoms with E-state index in [9.17, 15) is 19.5 Å². The fraction of sp³-hybridized carbons (Fsp3) is 0.526. The Morgan fingerprint density at radius 2 is 1.78 bits per heavy atom. The van der Waals surface area contributed by atoms with E-state index in [1.165, 1.54) is 5.06 Å². The maximum absolute atomic E-state index is 11.9. The maximum Gasteiger partial charge on any atom is 0.408 e. The highest BCUT2D eigenvalue weighted by Gasteiger charge is 2.23. The Bertz CT molecular complexity index is 627. The van der Waals surface area contributed by atoms with Crippen molar-refractivity contribution in [3.8, 4) is 0 Å². The van der Waals surface area contributed by atoms with Crippen LogP contribution in [0.4, 0.5) is 4.79 Å². The van der Waals surface area contributed by atoms with E-state index in [-0.39, 0.29) is 6.42 Å². The van der Waals surface area contributed by atoms with Crippen LogP contribution < -0.4 is 5.32 Å². The Morgan fingerprint density at radius 3 is 2.33 bits per heavy atom. The third kappa shape index (κ3) is 9.60. The third-order valence-corrected chi connectivity index (χ3v) is 3.45. The number of carbonyl (C=O) groups is 3. The number of carboxylic acids is 1. The predicted octanol–water partition coefficient (Wildman–Crippen LogP) is 2.84. The number of carbonyl (C=O) groups excluding carboxylic acids is 2. The molecule has 0 saturated carbocycles. The zero-order chi connectivity index (χ0) is 20.4. The summed E-state index contributed by atoms with van der Waals surface area (Å²) in [7, 11) is 1.63. The molecule has 2 N–H and O–H groups in total. The van der Waals surface area contributed by atoms with Crippen LogP contribution in [0.1, 0.15) is 50.4 Å². The van der Waals surface area contributed by atoms with Crippen molar-refractivity contribution in [2.24, 2.45) is 0 Å². The van der Waals surface area contributed by atoms with Crippen LogP contribution >= 0.6 is 0 Å². The van der Waals surface area contributed by atoms with Gasteiger partial charge in [0, 0.05) is 13.6 Å². The monoisotopic (exact) mass is 380 g/mol. The molecule has 0 aromatic heterocycles. The minimum atomic E-state index is -1.12. The molecular weight excluding hydrogens is 352 g/mol. The number of hydrogen-bond acceptors (Lipinski definition) is 6. The number of nitrogens with zero attached hydrogens (tertiary/aromatic N) is 1. The summed E-state index contributed by atoms with van der Waals surface area (Å²) in [5, 5.41) is 13.0. The molecule has 0 aliphatic rings. The van der Waals surface area contributed by atoms with Gasteiger partial charge in [0.2, 0.25) is 0 Å². The molecule has 8 heteroatoms. The summed E-state index contributed by atoms with van der Waals surface area (Å²) in [5.74, 6) is -1.57. The van der Waals surface area contributed by atoms with E-state index in [0.717, 1.165) is 0 Å². The number of unbranched alkanes of at least 4 members (excludes halogenated alkanes) is 1. The smallest absolute Gasteiger partial charge is 0.408 e. The molecule has 1 aromatic rings. The normalized spacial score (nSPS) is 12.3. The van der Waals surface area contributed by atoms with Gasteiger partial charge in [0.05, 0.1) is 5.56 Å². The van der Waals surface area contributed by atoms with Crippen molar-refractivity contribution in [2.45, 2.75) is 51.7 Å². The first-order valence-corrected chi connectivity index (χ1v) is 8.79. The number of amides is 1. The molecule has 27 heavy (non-hydrogen) atoms. The molecule has 1 aromatic carbocycles. The lowest BCUT2D eigenvalue weighted by atomic mass is 10.1. The Kier molecular flexibility index (Phi) is 8.74. The first-order chi connectivity index (χ1) is 12.6. The zero-order valence-electron chi connectivity index (χ0n) is 16.2. The van der Waals surface area contributed by atoms with Crippen LogP contribution in [0.5, 0.6) is 0 Å². The van der Waals surface area contributed by atoms with Crippen LogP contribution in [0.25, 0.3) is 0 Å². The largest absolute Gasteiger partial charge is 0.480 e. The molecule has 0 saturated heterocycles. The van der Waals surface area contributed by atoms with Crippen molar-refractivity contribution in [3.63, 3.8) is 0 Å². The van der Waals surface area contributed by atoms with Gasteiger partial charge in [-0.05, 0) is 52.2 Å². The summed E-state index contributed by atoms with van der Waals surface area (Å²) in [6, 6.07) is 7.61. The molecule has 0 bridgehead atoms. The van der Waals surface area contributed by atoms with Gasteiger partial charge in [-0.1, -0.05) is 18.2 Å². The zero-order valence-corrected chi connectivity index (χ0v) is 16.2. The molecule has 0 heterocycles. The van der Waals surface area contributed by atoms with Gasteiger partial charge in [0.15, 0.2) is 0 Å². The summed E-state index contributed by atoms with van der Waals surface area (Å²) in [6.45, 7) is 5.55. The van der Waals surface area contributed by atoms with Crippen molar-refractivity contribution in [3.05, 3.63) is 35.9 Å². The molecule has 0 spiro atoms. The summed E-state index contributed by atoms with van der Waals surface area (Å²) in [4.78, 5) is 40.1. The maximum atomic E-state index is 11.9. The Labute approximate surface area is 159 Å². The van der Waals surface area contributed by atoms with E-state index in [1.807, 2.05) is 6.07 Å². The lowest BCUT2D eigenvalue weighted by Crippen LogP contribution is -2.43. The summed E-state index contributed by atoms with van der Waals surface area (Å²) >= 11 is 0. The second-order valence-electron chi connectivity index (χ2n) is 7.13. The van der Waals surface area contributed by atoms with Gasteiger partial charge in [-0.25, -0.2) is 14.4 Å². The minimum absolute atomic E-state index is 0.245. The van der Waals surface area contributed by atoms with Crippen LogP contribution in [0.3, 0.4) is 0 Å². The van der Waals surface area contributed by atoms with Crippen LogP contribution in [0.15, 0.2) is 30.3 Å². The predicted molar refractivity (Wildman–Crippen MR) is 99.1 cm³/mol. The van der Waals surface area contributed by atoms with Crippen molar-refractivity contribution < 1.29 is 29.1 Å². The molecule has 1 rings (SSSR count). The molecule has 150 valence electrons. The van der Waals surface area contributed by atoms with E-state index < -0.39 is 29.7 Å². The fourth-order valence-electron chi connectivity index (χ4n) is 2.20. The van der Waals surface area contributed by atoms with Crippen LogP contribution in [0.2, 0.25) is 0 Å². The molecule has 0 radical (unpaired) electrons. The Balaban J connectivity index is 2.33. The molecule has 0 aliphatic carbocycles. The highest BCUT2D eigenvalue weighted by atomic mass is 16.7. The van der Waals surface area contributed by atoms with Crippen molar-refractivity contribution in [2.75, 3.05) is 13.6 Å². The number of hydroxylamine groups is 2. The molecular formula is C19H28N2O6. The molecule has 0 aliphatic heterocycles. The van der Waals surface area contributed by atoms with Gasteiger partial charge >= 0.3 is 18.0 Å². The lowest BCUT2D eigenvalue weighted by molar-refractivity contribution is -0.139. The van der Waals surface area contributed by atoms with Crippen molar-refractivity contribution in [1.29, 1.82) is 0 Å². The van der Waals surface area contributed by atoms with Gasteiger partial charge in [0.25, 0.3) is 0 Å². The highest BCUT2D eigenvalue weighted by Crippen LogP contribution is 2.09. The average molecular weight is 380 g/mol. The SMILES string of the molecule is CN(CCCCC(NC(=O)OC(C)(C)C)C(=O)O)OC(=O)c1ccccc1. The molecule has 8 nitrogen and oxygen atoms in total. The average Bonchev–Trinajstić information content (AvgIpc) is 2.56. The summed E-state index contributed by atoms with van der Waals surface area (Å²) < 4.78 is 5.07. The van der Waals surface area contributed by atoms with E-state index in [4.69, 9.17) is 9.57 Å². The molecule has 1 unspecified atom stereocenters. The molecule has 0 fully saturated rings. The quantitative estimate of drug-likeness (QED) is 0.501. The van der Waals surface area contributed by atoms with Crippen molar-refractivity contribution >= 4 is 18.0 Å². The van der Waals surface area contributed by atoms with Gasteiger partial charge in [-0.3, -0.25) is 0 Å². The lowest BCUT2D eigenvalue weighted by Gasteiger charge is -2.22. The Hall–Kier alpha value is -2.61. The van der Waals surface area contributed by atoms with E-state index in [2.05, 4.69) is 5.32 Å². The van der Waals surface area contributed by atoms with Crippen LogP contribution in [0, 0.1) is 0 Å². The number of benzene rings is 1. The number of rotatable bonds is 9. The van der Waals surface area contributed by atoms with Crippen LogP contribution in [-0.2, 0) is 14.4 Å². The van der Waals surface area contributed by atoms with Gasteiger partial charge in [-0.2, -0.15) is 0 Å². The van der Waals surface area contributed by atoms with Gasteiger partial charge < -0.3 is 20.0 Å². The second kappa shape index (κ2) is 10.5. The topological polar surface area (TPSA) is 105 Å². The van der Waals surface area contributed by atoms with E-state index in [1.54, 1.807) is 52.1 Å². The number of nitrogens with one attached hydrogen (secondary N) is 1. The third-order valence-electron chi connectivity index (χ3n) is 3.45. The number of carboxylic acid groups (broad SMARTS) is 1. The summed E-state index contributed by atoms with van der Waals surface area (Å²) in [5.41, 5.74) is -0.241. The standard InChI is InChI=1S/C19H28N2O6/c1-19(2,3)26-18(25)20-15(16(22)23)12-8-9-13-21(4)27-17(24)14-10-6-5-7-11-14/h5-7,10-11,15H,8-9,12-13H2,1-4H3,(H,20,25)(H,22,23). The number of ether oxygens (including phenoxy) is 1. The minimum Gasteiger partial charge on any atom is -0.480 e.